The van der Waals surface area contributed by atoms with Gasteiger partial charge in [0.05, 0.1) is 12.7 Å². The van der Waals surface area contributed by atoms with Gasteiger partial charge in [-0.15, -0.1) is 0 Å². The van der Waals surface area contributed by atoms with Crippen LogP contribution < -0.4 is 4.74 Å². The number of aromatic nitrogens is 2. The van der Waals surface area contributed by atoms with Crippen LogP contribution in [0.15, 0.2) is 55.0 Å². The lowest BCUT2D eigenvalue weighted by atomic mass is 9.95. The Bertz CT molecular complexity index is 1110. The Balaban J connectivity index is 1.28. The Labute approximate surface area is 189 Å². The van der Waals surface area contributed by atoms with E-state index in [1.165, 1.54) is 16.7 Å². The summed E-state index contributed by atoms with van der Waals surface area (Å²) in [5.41, 5.74) is 4.60. The number of amides is 1. The molecule has 3 aromatic rings. The van der Waals surface area contributed by atoms with Crippen molar-refractivity contribution in [3.8, 4) is 11.6 Å². The molecule has 6 nitrogen and oxygen atoms in total. The van der Waals surface area contributed by atoms with E-state index in [0.717, 1.165) is 44.0 Å². The normalized spacial score (nSPS) is 20.9. The maximum Gasteiger partial charge on any atom is 0.255 e. The minimum absolute atomic E-state index is 0.0797. The average Bonchev–Trinajstić information content (AvgIpc) is 3.50. The van der Waals surface area contributed by atoms with Crippen LogP contribution in [0.5, 0.6) is 5.75 Å². The number of nitrogens with zero attached hydrogens (tertiary/aromatic N) is 4. The van der Waals surface area contributed by atoms with E-state index in [2.05, 4.69) is 35.9 Å². The molecule has 2 aliphatic heterocycles. The lowest BCUT2D eigenvalue weighted by molar-refractivity contribution is 0.0497. The topological polar surface area (TPSA) is 50.6 Å². The highest BCUT2D eigenvalue weighted by atomic mass is 16.5. The highest BCUT2D eigenvalue weighted by Crippen LogP contribution is 2.41. The minimum Gasteiger partial charge on any atom is -0.496 e. The monoisotopic (exact) mass is 430 g/mol. The van der Waals surface area contributed by atoms with Crippen molar-refractivity contribution < 1.29 is 9.53 Å². The number of carbonyl (C=O) groups is 1. The molecule has 5 rings (SSSR count). The maximum absolute atomic E-state index is 13.2. The first-order chi connectivity index (χ1) is 15.6. The van der Waals surface area contributed by atoms with Gasteiger partial charge in [0.2, 0.25) is 0 Å². The summed E-state index contributed by atoms with van der Waals surface area (Å²) in [4.78, 5) is 22.2. The molecular formula is C26H30N4O2. The van der Waals surface area contributed by atoms with Gasteiger partial charge in [0, 0.05) is 50.3 Å². The number of pyridine rings is 1. The van der Waals surface area contributed by atoms with Gasteiger partial charge in [-0.1, -0.05) is 6.07 Å². The first kappa shape index (κ1) is 20.8. The predicted molar refractivity (Wildman–Crippen MR) is 124 cm³/mol. The number of hydrogen-bond donors (Lipinski definition) is 0. The van der Waals surface area contributed by atoms with E-state index in [-0.39, 0.29) is 5.91 Å². The number of piperazine rings is 1. The molecule has 0 bridgehead atoms. The molecule has 2 aliphatic rings. The number of fused-ring (bicyclic) bond motifs is 1. The molecule has 0 radical (unpaired) electrons. The fourth-order valence-corrected chi connectivity index (χ4v) is 5.31. The number of rotatable bonds is 4. The SMILES string of the molecule is COc1ccc([C@H]2CCC3CN(C(=O)c4ccc(-n5cccc5)nc4)CCN32)c(C)c1C. The first-order valence-corrected chi connectivity index (χ1v) is 11.4. The summed E-state index contributed by atoms with van der Waals surface area (Å²) in [6.07, 6.45) is 7.85. The lowest BCUT2D eigenvalue weighted by Crippen LogP contribution is -2.52. The Kier molecular flexibility index (Phi) is 5.47. The molecular weight excluding hydrogens is 400 g/mol. The molecule has 0 N–H and O–H groups in total. The van der Waals surface area contributed by atoms with E-state index in [1.54, 1.807) is 13.3 Å². The highest BCUT2D eigenvalue weighted by Gasteiger charge is 2.40. The van der Waals surface area contributed by atoms with Crippen molar-refractivity contribution in [1.82, 2.24) is 19.4 Å². The van der Waals surface area contributed by atoms with Crippen LogP contribution in [0.2, 0.25) is 0 Å². The summed E-state index contributed by atoms with van der Waals surface area (Å²) in [6.45, 7) is 6.77. The number of carbonyl (C=O) groups excluding carboxylic acids is 1. The summed E-state index contributed by atoms with van der Waals surface area (Å²) in [5.74, 6) is 1.85. The third-order valence-electron chi connectivity index (χ3n) is 7.21. The van der Waals surface area contributed by atoms with E-state index in [4.69, 9.17) is 4.74 Å². The maximum atomic E-state index is 13.2. The van der Waals surface area contributed by atoms with Crippen LogP contribution in [0.3, 0.4) is 0 Å². The van der Waals surface area contributed by atoms with E-state index >= 15 is 0 Å². The van der Waals surface area contributed by atoms with Gasteiger partial charge < -0.3 is 14.2 Å². The summed E-state index contributed by atoms with van der Waals surface area (Å²) in [5, 5.41) is 0. The van der Waals surface area contributed by atoms with Crippen LogP contribution in [0.1, 0.15) is 45.9 Å². The second-order valence-corrected chi connectivity index (χ2v) is 8.84. The number of ether oxygens (including phenoxy) is 1. The van der Waals surface area contributed by atoms with E-state index in [1.807, 2.05) is 46.1 Å². The van der Waals surface area contributed by atoms with E-state index in [9.17, 15) is 4.79 Å². The van der Waals surface area contributed by atoms with Gasteiger partial charge >= 0.3 is 0 Å². The molecule has 166 valence electrons. The third-order valence-corrected chi connectivity index (χ3v) is 7.21. The Morgan fingerprint density at radius 2 is 1.84 bits per heavy atom. The molecule has 4 heterocycles. The quantitative estimate of drug-likeness (QED) is 0.624. The smallest absolute Gasteiger partial charge is 0.255 e. The summed E-state index contributed by atoms with van der Waals surface area (Å²) in [7, 11) is 1.73. The van der Waals surface area contributed by atoms with Crippen molar-refractivity contribution in [1.29, 1.82) is 0 Å². The predicted octanol–water partition coefficient (Wildman–Crippen LogP) is 4.16. The summed E-state index contributed by atoms with van der Waals surface area (Å²) in [6, 6.07) is 12.9. The van der Waals surface area contributed by atoms with Crippen molar-refractivity contribution in [3.63, 3.8) is 0 Å². The number of benzene rings is 1. The van der Waals surface area contributed by atoms with Crippen LogP contribution >= 0.6 is 0 Å². The largest absolute Gasteiger partial charge is 0.496 e. The van der Waals surface area contributed by atoms with Crippen LogP contribution in [0.25, 0.3) is 5.82 Å². The fraction of sp³-hybridized carbons (Fsp3) is 0.385. The first-order valence-electron chi connectivity index (χ1n) is 11.4. The molecule has 0 aliphatic carbocycles. The van der Waals surface area contributed by atoms with Crippen molar-refractivity contribution >= 4 is 5.91 Å². The van der Waals surface area contributed by atoms with Crippen molar-refractivity contribution in [2.24, 2.45) is 0 Å². The molecule has 2 atom stereocenters. The number of hydrogen-bond acceptors (Lipinski definition) is 4. The zero-order valence-electron chi connectivity index (χ0n) is 19.0. The van der Waals surface area contributed by atoms with Crippen molar-refractivity contribution in [3.05, 3.63) is 77.2 Å². The van der Waals surface area contributed by atoms with Crippen molar-refractivity contribution in [2.75, 3.05) is 26.7 Å². The summed E-state index contributed by atoms with van der Waals surface area (Å²) < 4.78 is 7.44. The molecule has 2 aromatic heterocycles. The van der Waals surface area contributed by atoms with Gasteiger partial charge in [0.15, 0.2) is 0 Å². The molecule has 1 aromatic carbocycles. The second-order valence-electron chi connectivity index (χ2n) is 8.84. The van der Waals surface area contributed by atoms with Gasteiger partial charge in [-0.25, -0.2) is 4.98 Å². The molecule has 1 unspecified atom stereocenters. The molecule has 0 spiro atoms. The molecule has 2 fully saturated rings. The van der Waals surface area contributed by atoms with Gasteiger partial charge in [0.1, 0.15) is 11.6 Å². The minimum atomic E-state index is 0.0797. The van der Waals surface area contributed by atoms with Crippen molar-refractivity contribution in [2.45, 2.75) is 38.8 Å². The van der Waals surface area contributed by atoms with Crippen LogP contribution in [0, 0.1) is 13.8 Å². The lowest BCUT2D eigenvalue weighted by Gasteiger charge is -2.40. The average molecular weight is 431 g/mol. The standard InChI is InChI=1S/C26H30N4O2/c1-18-19(2)24(32-3)10-8-22(18)23-9-7-21-17-29(14-15-30(21)23)26(31)20-6-11-25(27-16-20)28-12-4-5-13-28/h4-6,8,10-13,16,21,23H,7,9,14-15,17H2,1-3H3/t21?,23-/m1/s1. The molecule has 2 saturated heterocycles. The molecule has 0 saturated carbocycles. The molecule has 1 amide bonds. The molecule has 6 heteroatoms. The molecule has 32 heavy (non-hydrogen) atoms. The third kappa shape index (κ3) is 3.58. The Hall–Kier alpha value is -3.12. The van der Waals surface area contributed by atoms with Crippen LogP contribution in [-0.4, -0.2) is 58.0 Å². The van der Waals surface area contributed by atoms with Gasteiger partial charge in [-0.2, -0.15) is 0 Å². The van der Waals surface area contributed by atoms with E-state index in [0.29, 0.717) is 17.6 Å². The van der Waals surface area contributed by atoms with E-state index < -0.39 is 0 Å². The van der Waals surface area contributed by atoms with Gasteiger partial charge in [-0.05, 0) is 73.7 Å². The Morgan fingerprint density at radius 3 is 2.56 bits per heavy atom. The highest BCUT2D eigenvalue weighted by molar-refractivity contribution is 5.94. The van der Waals surface area contributed by atoms with Crippen LogP contribution in [0.4, 0.5) is 0 Å². The fourth-order valence-electron chi connectivity index (χ4n) is 5.31. The number of methoxy groups -OCH3 is 1. The van der Waals surface area contributed by atoms with Crippen LogP contribution in [-0.2, 0) is 0 Å². The van der Waals surface area contributed by atoms with Gasteiger partial charge in [-0.3, -0.25) is 9.69 Å². The summed E-state index contributed by atoms with van der Waals surface area (Å²) >= 11 is 0. The van der Waals surface area contributed by atoms with Gasteiger partial charge in [0.25, 0.3) is 5.91 Å². The second kappa shape index (κ2) is 8.43. The zero-order valence-corrected chi connectivity index (χ0v) is 19.0. The zero-order chi connectivity index (χ0) is 22.2. The Morgan fingerprint density at radius 1 is 1.03 bits per heavy atom.